The number of nitrogens with two attached hydrogens (primary N) is 1. The van der Waals surface area contributed by atoms with Gasteiger partial charge in [0.15, 0.2) is 0 Å². The van der Waals surface area contributed by atoms with Crippen LogP contribution in [-0.4, -0.2) is 4.98 Å². The van der Waals surface area contributed by atoms with Crippen molar-refractivity contribution in [2.45, 2.75) is 6.92 Å². The number of benzene rings is 2. The van der Waals surface area contributed by atoms with Crippen LogP contribution in [0.15, 0.2) is 48.5 Å². The molecule has 2 N–H and O–H groups in total. The van der Waals surface area contributed by atoms with Crippen molar-refractivity contribution in [3.05, 3.63) is 60.0 Å². The highest BCUT2D eigenvalue weighted by molar-refractivity contribution is 5.87. The number of hydrogen-bond acceptors (Lipinski definition) is 2. The second kappa shape index (κ2) is 4.35. The fourth-order valence-corrected chi connectivity index (χ4v) is 2.15. The summed E-state index contributed by atoms with van der Waals surface area (Å²) in [5.41, 5.74) is 8.18. The molecule has 2 nitrogen and oxygen atoms in total. The first-order valence-electron chi connectivity index (χ1n) is 6.07. The van der Waals surface area contributed by atoms with Crippen molar-refractivity contribution in [3.8, 4) is 11.3 Å². The third-order valence-corrected chi connectivity index (χ3v) is 3.27. The summed E-state index contributed by atoms with van der Waals surface area (Å²) in [4.78, 5) is 4.35. The summed E-state index contributed by atoms with van der Waals surface area (Å²) < 4.78 is 14.5. The molecular formula is C16H13FN2. The van der Waals surface area contributed by atoms with Crippen LogP contribution in [0.1, 0.15) is 5.69 Å². The maximum absolute atomic E-state index is 14.5. The number of aromatic nitrogens is 1. The quantitative estimate of drug-likeness (QED) is 0.712. The fourth-order valence-electron chi connectivity index (χ4n) is 2.15. The van der Waals surface area contributed by atoms with Crippen LogP contribution in [0.25, 0.3) is 22.0 Å². The van der Waals surface area contributed by atoms with E-state index in [-0.39, 0.29) is 5.82 Å². The van der Waals surface area contributed by atoms with Gasteiger partial charge in [0.25, 0.3) is 0 Å². The first kappa shape index (κ1) is 11.7. The number of rotatable bonds is 1. The minimum Gasteiger partial charge on any atom is -0.397 e. The third-order valence-electron chi connectivity index (χ3n) is 3.27. The molecule has 19 heavy (non-hydrogen) atoms. The van der Waals surface area contributed by atoms with Crippen LogP contribution in [0.2, 0.25) is 0 Å². The van der Waals surface area contributed by atoms with Crippen LogP contribution in [0.3, 0.4) is 0 Å². The Morgan fingerprint density at radius 3 is 2.58 bits per heavy atom. The van der Waals surface area contributed by atoms with Crippen LogP contribution in [0.5, 0.6) is 0 Å². The van der Waals surface area contributed by atoms with Gasteiger partial charge in [-0.2, -0.15) is 0 Å². The smallest absolute Gasteiger partial charge is 0.140 e. The second-order valence-electron chi connectivity index (χ2n) is 4.52. The molecule has 0 spiro atoms. The molecule has 0 aliphatic heterocycles. The number of halogens is 1. The van der Waals surface area contributed by atoms with E-state index < -0.39 is 0 Å². The monoisotopic (exact) mass is 252 g/mol. The molecule has 0 aliphatic carbocycles. The molecule has 0 saturated carbocycles. The van der Waals surface area contributed by atoms with E-state index in [1.165, 1.54) is 0 Å². The molecule has 3 aromatic rings. The van der Waals surface area contributed by atoms with Gasteiger partial charge in [0.1, 0.15) is 5.82 Å². The molecule has 0 unspecified atom stereocenters. The lowest BCUT2D eigenvalue weighted by Gasteiger charge is -2.08. The van der Waals surface area contributed by atoms with Gasteiger partial charge in [-0.15, -0.1) is 0 Å². The highest BCUT2D eigenvalue weighted by Gasteiger charge is 2.10. The van der Waals surface area contributed by atoms with Gasteiger partial charge in [-0.1, -0.05) is 30.3 Å². The van der Waals surface area contributed by atoms with Crippen LogP contribution < -0.4 is 5.73 Å². The lowest BCUT2D eigenvalue weighted by molar-refractivity contribution is 0.642. The van der Waals surface area contributed by atoms with Crippen molar-refractivity contribution in [2.24, 2.45) is 0 Å². The van der Waals surface area contributed by atoms with Gasteiger partial charge < -0.3 is 5.73 Å². The number of nitrogens with zero attached hydrogens (tertiary/aromatic N) is 1. The second-order valence-corrected chi connectivity index (χ2v) is 4.52. The summed E-state index contributed by atoms with van der Waals surface area (Å²) in [5.74, 6) is -0.241. The molecule has 0 amide bonds. The van der Waals surface area contributed by atoms with Crippen LogP contribution in [0.4, 0.5) is 10.1 Å². The summed E-state index contributed by atoms with van der Waals surface area (Å²) in [6.45, 7) is 1.82. The molecular weight excluding hydrogens is 239 g/mol. The van der Waals surface area contributed by atoms with E-state index in [1.807, 2.05) is 31.2 Å². The lowest BCUT2D eigenvalue weighted by Crippen LogP contribution is -1.96. The lowest BCUT2D eigenvalue weighted by atomic mass is 10.0. The molecule has 0 atom stereocenters. The topological polar surface area (TPSA) is 38.9 Å². The molecule has 0 saturated heterocycles. The summed E-state index contributed by atoms with van der Waals surface area (Å²) >= 11 is 0. The Balaban J connectivity index is 2.25. The largest absolute Gasteiger partial charge is 0.397 e. The summed E-state index contributed by atoms with van der Waals surface area (Å²) in [7, 11) is 0. The molecule has 2 aromatic carbocycles. The van der Waals surface area contributed by atoms with Gasteiger partial charge in [0.2, 0.25) is 0 Å². The number of anilines is 1. The van der Waals surface area contributed by atoms with Crippen LogP contribution in [-0.2, 0) is 0 Å². The Hall–Kier alpha value is -2.42. The molecule has 0 fully saturated rings. The molecule has 3 heteroatoms. The minimum atomic E-state index is -0.241. The Kier molecular flexibility index (Phi) is 2.67. The van der Waals surface area contributed by atoms with Gasteiger partial charge in [-0.3, -0.25) is 4.98 Å². The van der Waals surface area contributed by atoms with Gasteiger partial charge in [-0.25, -0.2) is 4.39 Å². The number of nitrogen functional groups attached to an aromatic ring is 1. The Labute approximate surface area is 110 Å². The van der Waals surface area contributed by atoms with E-state index in [0.717, 1.165) is 5.39 Å². The van der Waals surface area contributed by atoms with Crippen molar-refractivity contribution >= 4 is 16.5 Å². The highest BCUT2D eigenvalue weighted by atomic mass is 19.1. The van der Waals surface area contributed by atoms with Crippen molar-refractivity contribution in [1.29, 1.82) is 0 Å². The zero-order chi connectivity index (χ0) is 13.4. The van der Waals surface area contributed by atoms with E-state index in [4.69, 9.17) is 5.73 Å². The first-order valence-corrected chi connectivity index (χ1v) is 6.07. The maximum atomic E-state index is 14.5. The van der Waals surface area contributed by atoms with Crippen molar-refractivity contribution in [3.63, 3.8) is 0 Å². The highest BCUT2D eigenvalue weighted by Crippen LogP contribution is 2.28. The van der Waals surface area contributed by atoms with E-state index >= 15 is 0 Å². The van der Waals surface area contributed by atoms with Gasteiger partial charge in [0.05, 0.1) is 17.1 Å². The predicted molar refractivity (Wildman–Crippen MR) is 76.3 cm³/mol. The number of pyridine rings is 1. The maximum Gasteiger partial charge on any atom is 0.140 e. The SMILES string of the molecule is Cc1nc(-c2ccc3ccccc3c2F)ccc1N. The molecule has 0 radical (unpaired) electrons. The normalized spacial score (nSPS) is 10.8. The van der Waals surface area contributed by atoms with E-state index in [0.29, 0.717) is 28.0 Å². The Morgan fingerprint density at radius 2 is 1.79 bits per heavy atom. The zero-order valence-corrected chi connectivity index (χ0v) is 10.5. The third kappa shape index (κ3) is 1.93. The first-order chi connectivity index (χ1) is 9.16. The summed E-state index contributed by atoms with van der Waals surface area (Å²) in [6, 6.07) is 14.6. The van der Waals surface area contributed by atoms with Crippen molar-refractivity contribution in [1.82, 2.24) is 4.98 Å². The fraction of sp³-hybridized carbons (Fsp3) is 0.0625. The van der Waals surface area contributed by atoms with Crippen LogP contribution in [0, 0.1) is 12.7 Å². The molecule has 0 aliphatic rings. The molecule has 1 aromatic heterocycles. The summed E-state index contributed by atoms with van der Waals surface area (Å²) in [6.07, 6.45) is 0. The number of hydrogen-bond donors (Lipinski definition) is 1. The summed E-state index contributed by atoms with van der Waals surface area (Å²) in [5, 5.41) is 1.49. The number of aryl methyl sites for hydroxylation is 1. The average molecular weight is 252 g/mol. The molecule has 1 heterocycles. The van der Waals surface area contributed by atoms with Crippen LogP contribution >= 0.6 is 0 Å². The van der Waals surface area contributed by atoms with Gasteiger partial charge in [-0.05, 0) is 30.5 Å². The van der Waals surface area contributed by atoms with E-state index in [9.17, 15) is 4.39 Å². The van der Waals surface area contributed by atoms with E-state index in [2.05, 4.69) is 4.98 Å². The predicted octanol–water partition coefficient (Wildman–Crippen LogP) is 3.93. The zero-order valence-electron chi connectivity index (χ0n) is 10.5. The van der Waals surface area contributed by atoms with Crippen molar-refractivity contribution in [2.75, 3.05) is 5.73 Å². The van der Waals surface area contributed by atoms with Crippen molar-refractivity contribution < 1.29 is 4.39 Å². The van der Waals surface area contributed by atoms with Gasteiger partial charge >= 0.3 is 0 Å². The number of fused-ring (bicyclic) bond motifs is 1. The molecule has 0 bridgehead atoms. The van der Waals surface area contributed by atoms with Gasteiger partial charge in [0, 0.05) is 10.9 Å². The Bertz CT molecular complexity index is 766. The molecule has 3 rings (SSSR count). The average Bonchev–Trinajstić information content (AvgIpc) is 2.43. The Morgan fingerprint density at radius 1 is 1.00 bits per heavy atom. The van der Waals surface area contributed by atoms with E-state index in [1.54, 1.807) is 24.3 Å². The minimum absolute atomic E-state index is 0.241. The molecule has 94 valence electrons. The standard InChI is InChI=1S/C16H13FN2/c1-10-14(18)8-9-15(19-10)13-7-6-11-4-2-3-5-12(11)16(13)17/h2-9H,18H2,1H3.